The molecule has 0 radical (unpaired) electrons. The number of nitrogens with zero attached hydrogens (tertiary/aromatic N) is 1. The van der Waals surface area contributed by atoms with E-state index in [9.17, 15) is 9.90 Å². The molecule has 4 nitrogen and oxygen atoms in total. The summed E-state index contributed by atoms with van der Waals surface area (Å²) < 4.78 is 0. The van der Waals surface area contributed by atoms with E-state index >= 15 is 0 Å². The van der Waals surface area contributed by atoms with Crippen LogP contribution < -0.4 is 5.32 Å². The van der Waals surface area contributed by atoms with E-state index in [1.54, 1.807) is 12.1 Å². The summed E-state index contributed by atoms with van der Waals surface area (Å²) in [6.45, 7) is 4.57. The minimum absolute atomic E-state index is 0.300. The van der Waals surface area contributed by atoms with E-state index in [2.05, 4.69) is 24.1 Å². The second kappa shape index (κ2) is 5.35. The zero-order valence-electron chi connectivity index (χ0n) is 12.3. The number of carboxylic acid groups (broad SMARTS) is 1. The molecule has 4 heteroatoms. The molecule has 3 unspecified atom stereocenters. The molecule has 2 N–H and O–H groups in total. The zero-order valence-corrected chi connectivity index (χ0v) is 12.3. The van der Waals surface area contributed by atoms with E-state index in [4.69, 9.17) is 0 Å². The number of anilines is 1. The lowest BCUT2D eigenvalue weighted by Gasteiger charge is -2.20. The van der Waals surface area contributed by atoms with Gasteiger partial charge in [0.15, 0.2) is 0 Å². The van der Waals surface area contributed by atoms with Crippen molar-refractivity contribution < 1.29 is 9.90 Å². The van der Waals surface area contributed by atoms with Crippen molar-refractivity contribution in [1.82, 2.24) is 4.98 Å². The molecule has 1 aliphatic rings. The molecular formula is C17H20N2O2. The van der Waals surface area contributed by atoms with Crippen LogP contribution in [0.25, 0.3) is 10.9 Å². The van der Waals surface area contributed by atoms with Gasteiger partial charge >= 0.3 is 5.97 Å². The Morgan fingerprint density at radius 1 is 1.24 bits per heavy atom. The summed E-state index contributed by atoms with van der Waals surface area (Å²) >= 11 is 0. The lowest BCUT2D eigenvalue weighted by Crippen LogP contribution is -2.24. The molecule has 1 aliphatic carbocycles. The standard InChI is InChI=1S/C17H20N2O2/c1-10-6-8-14(11(10)2)18-16-9-7-12-13(17(20)21)4-3-5-15(12)19-16/h3-5,7,9-11,14H,6,8H2,1-2H3,(H,18,19)(H,20,21). The number of aromatic nitrogens is 1. The third-order valence-electron chi connectivity index (χ3n) is 4.76. The largest absolute Gasteiger partial charge is 0.478 e. The topological polar surface area (TPSA) is 62.2 Å². The van der Waals surface area contributed by atoms with E-state index in [0.29, 0.717) is 22.9 Å². The molecule has 21 heavy (non-hydrogen) atoms. The first-order valence-electron chi connectivity index (χ1n) is 7.46. The summed E-state index contributed by atoms with van der Waals surface area (Å²) in [6, 6.07) is 9.38. The van der Waals surface area contributed by atoms with Gasteiger partial charge < -0.3 is 10.4 Å². The molecule has 1 aromatic carbocycles. The molecule has 1 aromatic heterocycles. The average Bonchev–Trinajstić information content (AvgIpc) is 2.78. The van der Waals surface area contributed by atoms with Crippen molar-refractivity contribution in [1.29, 1.82) is 0 Å². The molecule has 110 valence electrons. The number of aromatic carboxylic acids is 1. The number of rotatable bonds is 3. The van der Waals surface area contributed by atoms with Gasteiger partial charge in [0.1, 0.15) is 5.82 Å². The summed E-state index contributed by atoms with van der Waals surface area (Å²) in [5.41, 5.74) is 1.02. The highest BCUT2D eigenvalue weighted by Gasteiger charge is 2.29. The Balaban J connectivity index is 1.90. The fourth-order valence-corrected chi connectivity index (χ4v) is 3.18. The van der Waals surface area contributed by atoms with Gasteiger partial charge in [-0.1, -0.05) is 19.9 Å². The van der Waals surface area contributed by atoms with Crippen LogP contribution >= 0.6 is 0 Å². The fraction of sp³-hybridized carbons (Fsp3) is 0.412. The Kier molecular flexibility index (Phi) is 3.53. The van der Waals surface area contributed by atoms with E-state index in [-0.39, 0.29) is 0 Å². The molecular weight excluding hydrogens is 264 g/mol. The van der Waals surface area contributed by atoms with Gasteiger partial charge in [0.25, 0.3) is 0 Å². The number of carboxylic acids is 1. The maximum Gasteiger partial charge on any atom is 0.336 e. The maximum absolute atomic E-state index is 11.2. The number of benzene rings is 1. The van der Waals surface area contributed by atoms with Crippen LogP contribution in [0.3, 0.4) is 0 Å². The van der Waals surface area contributed by atoms with Crippen molar-refractivity contribution in [3.63, 3.8) is 0 Å². The molecule has 3 rings (SSSR count). The minimum Gasteiger partial charge on any atom is -0.478 e. The number of pyridine rings is 1. The van der Waals surface area contributed by atoms with Crippen molar-refractivity contribution in [3.05, 3.63) is 35.9 Å². The van der Waals surface area contributed by atoms with E-state index in [1.807, 2.05) is 18.2 Å². The highest BCUT2D eigenvalue weighted by Crippen LogP contribution is 2.33. The minimum atomic E-state index is -0.915. The summed E-state index contributed by atoms with van der Waals surface area (Å²) in [6.07, 6.45) is 2.41. The summed E-state index contributed by atoms with van der Waals surface area (Å²) in [4.78, 5) is 15.8. The maximum atomic E-state index is 11.2. The smallest absolute Gasteiger partial charge is 0.336 e. The van der Waals surface area contributed by atoms with Crippen LogP contribution in [0.2, 0.25) is 0 Å². The Hall–Kier alpha value is -2.10. The molecule has 0 amide bonds. The predicted molar refractivity (Wildman–Crippen MR) is 83.7 cm³/mol. The SMILES string of the molecule is CC1CCC(Nc2ccc3c(C(=O)O)cccc3n2)C1C. The highest BCUT2D eigenvalue weighted by molar-refractivity contribution is 6.02. The number of carbonyl (C=O) groups is 1. The van der Waals surface area contributed by atoms with Gasteiger partial charge in [-0.2, -0.15) is 0 Å². The molecule has 0 bridgehead atoms. The van der Waals surface area contributed by atoms with Gasteiger partial charge in [-0.3, -0.25) is 0 Å². The Morgan fingerprint density at radius 3 is 2.71 bits per heavy atom. The second-order valence-corrected chi connectivity index (χ2v) is 6.04. The molecule has 1 saturated carbocycles. The number of fused-ring (bicyclic) bond motifs is 1. The van der Waals surface area contributed by atoms with Crippen LogP contribution in [-0.4, -0.2) is 22.1 Å². The Labute approximate surface area is 124 Å². The number of hydrogen-bond acceptors (Lipinski definition) is 3. The van der Waals surface area contributed by atoms with E-state index in [0.717, 1.165) is 23.7 Å². The van der Waals surface area contributed by atoms with Crippen molar-refractivity contribution in [3.8, 4) is 0 Å². The van der Waals surface area contributed by atoms with E-state index < -0.39 is 5.97 Å². The van der Waals surface area contributed by atoms with Crippen molar-refractivity contribution in [2.24, 2.45) is 11.8 Å². The molecule has 1 heterocycles. The van der Waals surface area contributed by atoms with Crippen LogP contribution in [0.5, 0.6) is 0 Å². The molecule has 0 saturated heterocycles. The van der Waals surface area contributed by atoms with Gasteiger partial charge in [0.05, 0.1) is 11.1 Å². The van der Waals surface area contributed by atoms with Crippen molar-refractivity contribution >= 4 is 22.7 Å². The predicted octanol–water partition coefficient (Wildman–Crippen LogP) is 3.78. The number of nitrogens with one attached hydrogen (secondary N) is 1. The average molecular weight is 284 g/mol. The first-order valence-corrected chi connectivity index (χ1v) is 7.46. The van der Waals surface area contributed by atoms with Crippen molar-refractivity contribution in [2.45, 2.75) is 32.7 Å². The fourth-order valence-electron chi connectivity index (χ4n) is 3.18. The molecule has 3 atom stereocenters. The zero-order chi connectivity index (χ0) is 15.0. The van der Waals surface area contributed by atoms with Gasteiger partial charge in [-0.25, -0.2) is 9.78 Å². The first-order chi connectivity index (χ1) is 10.1. The summed E-state index contributed by atoms with van der Waals surface area (Å²) in [5.74, 6) is 1.28. The quantitative estimate of drug-likeness (QED) is 0.900. The summed E-state index contributed by atoms with van der Waals surface area (Å²) in [7, 11) is 0. The first kappa shape index (κ1) is 13.9. The van der Waals surface area contributed by atoms with E-state index in [1.165, 1.54) is 6.42 Å². The van der Waals surface area contributed by atoms with Crippen LogP contribution in [0, 0.1) is 11.8 Å². The van der Waals surface area contributed by atoms with Gasteiger partial charge in [-0.05, 0) is 48.9 Å². The lowest BCUT2D eigenvalue weighted by atomic mass is 9.98. The van der Waals surface area contributed by atoms with Gasteiger partial charge in [0.2, 0.25) is 0 Å². The second-order valence-electron chi connectivity index (χ2n) is 6.04. The van der Waals surface area contributed by atoms with Crippen molar-refractivity contribution in [2.75, 3.05) is 5.32 Å². The highest BCUT2D eigenvalue weighted by atomic mass is 16.4. The molecule has 2 aromatic rings. The monoisotopic (exact) mass is 284 g/mol. The molecule has 0 spiro atoms. The molecule has 1 fully saturated rings. The Morgan fingerprint density at radius 2 is 2.05 bits per heavy atom. The van der Waals surface area contributed by atoms with Crippen LogP contribution in [0.15, 0.2) is 30.3 Å². The van der Waals surface area contributed by atoms with Gasteiger partial charge in [0, 0.05) is 11.4 Å². The summed E-state index contributed by atoms with van der Waals surface area (Å²) in [5, 5.41) is 13.4. The lowest BCUT2D eigenvalue weighted by molar-refractivity contribution is 0.0699. The third kappa shape index (κ3) is 2.58. The Bertz CT molecular complexity index is 684. The normalized spacial score (nSPS) is 25.1. The van der Waals surface area contributed by atoms with Crippen LogP contribution in [-0.2, 0) is 0 Å². The third-order valence-corrected chi connectivity index (χ3v) is 4.76. The van der Waals surface area contributed by atoms with Crippen LogP contribution in [0.4, 0.5) is 5.82 Å². The van der Waals surface area contributed by atoms with Crippen LogP contribution in [0.1, 0.15) is 37.0 Å². The van der Waals surface area contributed by atoms with Gasteiger partial charge in [-0.15, -0.1) is 0 Å². The molecule has 0 aliphatic heterocycles. The number of hydrogen-bond donors (Lipinski definition) is 2.